The number of methoxy groups -OCH3 is 1. The molecule has 70 valence electrons. The summed E-state index contributed by atoms with van der Waals surface area (Å²) in [5, 5.41) is 0. The second-order valence-electron chi connectivity index (χ2n) is 2.11. The quantitative estimate of drug-likeness (QED) is 0.597. The van der Waals surface area contributed by atoms with Crippen LogP contribution in [0.1, 0.15) is 26.3 Å². The van der Waals surface area contributed by atoms with E-state index in [9.17, 15) is 0 Å². The summed E-state index contributed by atoms with van der Waals surface area (Å²) in [4.78, 5) is 0. The van der Waals surface area contributed by atoms with Crippen LogP contribution in [0.3, 0.4) is 0 Å². The Morgan fingerprint density at radius 3 is 2.46 bits per heavy atom. The smallest absolute Gasteiger partial charge is 0.120 e. The molecule has 1 aromatic rings. The third kappa shape index (κ3) is 4.22. The van der Waals surface area contributed by atoms with E-state index < -0.39 is 0 Å². The molecule has 0 bridgehead atoms. The largest absolute Gasteiger partial charge is 0.497 e. The van der Waals surface area contributed by atoms with Crippen molar-refractivity contribution in [2.45, 2.75) is 20.8 Å². The highest BCUT2D eigenvalue weighted by molar-refractivity contribution is 5.39. The fourth-order valence-corrected chi connectivity index (χ4v) is 0.845. The molecule has 0 aromatic heterocycles. The zero-order valence-corrected chi connectivity index (χ0v) is 8.72. The van der Waals surface area contributed by atoms with Crippen molar-refractivity contribution in [3.8, 4) is 17.6 Å². The van der Waals surface area contributed by atoms with E-state index in [-0.39, 0.29) is 0 Å². The molecule has 0 aliphatic rings. The first-order chi connectivity index (χ1) is 6.36. The highest BCUT2D eigenvalue weighted by atomic mass is 16.5. The maximum Gasteiger partial charge on any atom is 0.120 e. The van der Waals surface area contributed by atoms with Gasteiger partial charge >= 0.3 is 0 Å². The van der Waals surface area contributed by atoms with Crippen LogP contribution >= 0.6 is 0 Å². The Bertz CT molecular complexity index is 291. The van der Waals surface area contributed by atoms with E-state index in [2.05, 4.69) is 11.8 Å². The summed E-state index contributed by atoms with van der Waals surface area (Å²) in [5.74, 6) is 6.63. The van der Waals surface area contributed by atoms with Crippen molar-refractivity contribution in [2.75, 3.05) is 7.11 Å². The molecule has 13 heavy (non-hydrogen) atoms. The first kappa shape index (κ1) is 11.6. The number of benzene rings is 1. The lowest BCUT2D eigenvalue weighted by molar-refractivity contribution is 0.414. The Hall–Kier alpha value is -1.42. The molecule has 1 aromatic carbocycles. The van der Waals surface area contributed by atoms with Crippen LogP contribution in [0.5, 0.6) is 5.75 Å². The number of rotatable bonds is 1. The van der Waals surface area contributed by atoms with Gasteiger partial charge in [-0.2, -0.15) is 0 Å². The third-order valence-electron chi connectivity index (χ3n) is 1.34. The summed E-state index contributed by atoms with van der Waals surface area (Å²) in [6, 6.07) is 7.70. The van der Waals surface area contributed by atoms with Crippen LogP contribution in [-0.2, 0) is 0 Å². The van der Waals surface area contributed by atoms with Gasteiger partial charge in [-0.3, -0.25) is 0 Å². The summed E-state index contributed by atoms with van der Waals surface area (Å²) in [6.45, 7) is 5.82. The number of ether oxygens (including phenoxy) is 1. The minimum Gasteiger partial charge on any atom is -0.497 e. The minimum atomic E-state index is 0.852. The van der Waals surface area contributed by atoms with Crippen molar-refractivity contribution < 1.29 is 4.74 Å². The van der Waals surface area contributed by atoms with Crippen LogP contribution in [0.25, 0.3) is 0 Å². The first-order valence-corrected chi connectivity index (χ1v) is 4.43. The summed E-state index contributed by atoms with van der Waals surface area (Å²) in [5.41, 5.74) is 0.992. The van der Waals surface area contributed by atoms with Gasteiger partial charge in [-0.05, 0) is 25.1 Å². The lowest BCUT2D eigenvalue weighted by Gasteiger charge is -1.97. The second kappa shape index (κ2) is 7.24. The van der Waals surface area contributed by atoms with Crippen LogP contribution in [0.4, 0.5) is 0 Å². The molecule has 0 heterocycles. The Labute approximate surface area is 80.7 Å². The summed E-state index contributed by atoms with van der Waals surface area (Å²) in [7, 11) is 1.65. The monoisotopic (exact) mass is 176 g/mol. The van der Waals surface area contributed by atoms with Gasteiger partial charge in [0.15, 0.2) is 0 Å². The molecule has 0 saturated heterocycles. The molecule has 0 aliphatic heterocycles. The molecular weight excluding hydrogens is 160 g/mol. The fraction of sp³-hybridized carbons (Fsp3) is 0.333. The van der Waals surface area contributed by atoms with E-state index in [1.807, 2.05) is 45.0 Å². The van der Waals surface area contributed by atoms with Gasteiger partial charge in [0, 0.05) is 5.56 Å². The van der Waals surface area contributed by atoms with Crippen molar-refractivity contribution in [3.05, 3.63) is 29.8 Å². The van der Waals surface area contributed by atoms with E-state index in [1.165, 1.54) is 0 Å². The van der Waals surface area contributed by atoms with Crippen LogP contribution < -0.4 is 4.74 Å². The molecule has 0 N–H and O–H groups in total. The predicted molar refractivity (Wildman–Crippen MR) is 56.9 cm³/mol. The Kier molecular flexibility index (Phi) is 6.45. The molecule has 0 atom stereocenters. The van der Waals surface area contributed by atoms with Gasteiger partial charge in [0.25, 0.3) is 0 Å². The Morgan fingerprint density at radius 2 is 1.92 bits per heavy atom. The van der Waals surface area contributed by atoms with Gasteiger partial charge in [-0.1, -0.05) is 25.8 Å². The van der Waals surface area contributed by atoms with Crippen molar-refractivity contribution in [1.29, 1.82) is 0 Å². The second-order valence-corrected chi connectivity index (χ2v) is 2.11. The van der Waals surface area contributed by atoms with Gasteiger partial charge in [-0.25, -0.2) is 0 Å². The highest BCUT2D eigenvalue weighted by Crippen LogP contribution is 2.10. The van der Waals surface area contributed by atoms with Crippen LogP contribution in [0, 0.1) is 11.8 Å². The summed E-state index contributed by atoms with van der Waals surface area (Å²) < 4.78 is 5.03. The van der Waals surface area contributed by atoms with Gasteiger partial charge < -0.3 is 4.74 Å². The summed E-state index contributed by atoms with van der Waals surface area (Å²) >= 11 is 0. The maximum absolute atomic E-state index is 5.03. The van der Waals surface area contributed by atoms with Gasteiger partial charge in [0.2, 0.25) is 0 Å². The first-order valence-electron chi connectivity index (χ1n) is 4.43. The van der Waals surface area contributed by atoms with Gasteiger partial charge in [-0.15, -0.1) is 5.92 Å². The van der Waals surface area contributed by atoms with Crippen molar-refractivity contribution >= 4 is 0 Å². The van der Waals surface area contributed by atoms with Gasteiger partial charge in [0.1, 0.15) is 5.75 Å². The molecule has 0 unspecified atom stereocenters. The molecular formula is C12H16O. The fourth-order valence-electron chi connectivity index (χ4n) is 0.845. The van der Waals surface area contributed by atoms with E-state index >= 15 is 0 Å². The highest BCUT2D eigenvalue weighted by Gasteiger charge is 1.89. The van der Waals surface area contributed by atoms with Crippen LogP contribution in [-0.4, -0.2) is 7.11 Å². The molecule has 0 fully saturated rings. The average Bonchev–Trinajstić information content (AvgIpc) is 2.22. The van der Waals surface area contributed by atoms with Gasteiger partial charge in [0.05, 0.1) is 7.11 Å². The maximum atomic E-state index is 5.03. The molecule has 1 nitrogen and oxygen atoms in total. The minimum absolute atomic E-state index is 0.852. The normalized spacial score (nSPS) is 7.38. The summed E-state index contributed by atoms with van der Waals surface area (Å²) in [6.07, 6.45) is 0. The van der Waals surface area contributed by atoms with Crippen molar-refractivity contribution in [3.63, 3.8) is 0 Å². The van der Waals surface area contributed by atoms with Crippen molar-refractivity contribution in [1.82, 2.24) is 0 Å². The van der Waals surface area contributed by atoms with E-state index in [1.54, 1.807) is 7.11 Å². The Balaban J connectivity index is 0.000000671. The lowest BCUT2D eigenvalue weighted by Crippen LogP contribution is -1.82. The predicted octanol–water partition coefficient (Wildman–Crippen LogP) is 3.09. The molecule has 0 radical (unpaired) electrons. The zero-order chi connectivity index (χ0) is 10.1. The van der Waals surface area contributed by atoms with E-state index in [0.717, 1.165) is 11.3 Å². The molecule has 0 saturated carbocycles. The van der Waals surface area contributed by atoms with Crippen LogP contribution in [0.15, 0.2) is 24.3 Å². The molecule has 1 rings (SSSR count). The Morgan fingerprint density at radius 1 is 1.23 bits per heavy atom. The van der Waals surface area contributed by atoms with Crippen LogP contribution in [0.2, 0.25) is 0 Å². The molecule has 0 spiro atoms. The van der Waals surface area contributed by atoms with Crippen molar-refractivity contribution in [2.24, 2.45) is 0 Å². The van der Waals surface area contributed by atoms with E-state index in [0.29, 0.717) is 0 Å². The molecule has 0 aliphatic carbocycles. The average molecular weight is 176 g/mol. The van der Waals surface area contributed by atoms with E-state index in [4.69, 9.17) is 4.74 Å². The SMILES string of the molecule is CC.CC#Cc1cccc(OC)c1. The molecule has 1 heteroatoms. The number of hydrogen-bond donors (Lipinski definition) is 0. The zero-order valence-electron chi connectivity index (χ0n) is 8.72. The standard InChI is InChI=1S/C10H10O.C2H6/c1-3-5-9-6-4-7-10(8-9)11-2;1-2/h4,6-8H,1-2H3;1-2H3. The topological polar surface area (TPSA) is 9.23 Å². The lowest BCUT2D eigenvalue weighted by atomic mass is 10.2. The third-order valence-corrected chi connectivity index (χ3v) is 1.34. The number of hydrogen-bond acceptors (Lipinski definition) is 1. The molecule has 0 amide bonds.